The topological polar surface area (TPSA) is 83.5 Å². The number of carboxylic acid groups (broad SMARTS) is 1. The molecule has 1 amide bonds. The highest BCUT2D eigenvalue weighted by molar-refractivity contribution is 7.90. The Morgan fingerprint density at radius 2 is 1.70 bits per heavy atom. The number of hydrogen-bond acceptors (Lipinski definition) is 3. The fourth-order valence-electron chi connectivity index (χ4n) is 1.79. The van der Waals surface area contributed by atoms with Crippen molar-refractivity contribution in [2.45, 2.75) is 4.90 Å². The molecule has 0 aliphatic carbocycles. The highest BCUT2D eigenvalue weighted by atomic mass is 35.5. The van der Waals surface area contributed by atoms with Crippen molar-refractivity contribution in [3.63, 3.8) is 0 Å². The second-order valence-electron chi connectivity index (χ2n) is 3.89. The number of benzene rings is 2. The molecular formula is C13H10ClNO4S. The molecule has 0 fully saturated rings. The van der Waals surface area contributed by atoms with E-state index in [1.54, 1.807) is 42.5 Å². The number of hydrogen-bond donors (Lipinski definition) is 2. The van der Waals surface area contributed by atoms with Gasteiger partial charge < -0.3 is 5.11 Å². The van der Waals surface area contributed by atoms with Gasteiger partial charge in [-0.2, -0.15) is 0 Å². The van der Waals surface area contributed by atoms with E-state index in [-0.39, 0.29) is 9.92 Å². The SMILES string of the molecule is O=C(O)NS(=O)(=O)c1c(Cl)cccc1-c1ccccc1. The molecule has 0 aliphatic rings. The first-order chi connectivity index (χ1) is 9.42. The molecule has 20 heavy (non-hydrogen) atoms. The number of rotatable bonds is 3. The highest BCUT2D eigenvalue weighted by Gasteiger charge is 2.24. The molecule has 7 heteroatoms. The van der Waals surface area contributed by atoms with Crippen molar-refractivity contribution in [1.29, 1.82) is 0 Å². The zero-order valence-electron chi connectivity index (χ0n) is 10.1. The predicted octanol–water partition coefficient (Wildman–Crippen LogP) is 2.96. The summed E-state index contributed by atoms with van der Waals surface area (Å²) in [7, 11) is -4.25. The van der Waals surface area contributed by atoms with Crippen LogP contribution in [0.1, 0.15) is 0 Å². The molecule has 0 saturated heterocycles. The molecule has 2 rings (SSSR count). The summed E-state index contributed by atoms with van der Waals surface area (Å²) in [5.74, 6) is 0. The quantitative estimate of drug-likeness (QED) is 0.912. The summed E-state index contributed by atoms with van der Waals surface area (Å²) in [4.78, 5) is 10.4. The van der Waals surface area contributed by atoms with Crippen LogP contribution in [0.3, 0.4) is 0 Å². The zero-order valence-corrected chi connectivity index (χ0v) is 11.6. The monoisotopic (exact) mass is 311 g/mol. The van der Waals surface area contributed by atoms with Crippen LogP contribution in [-0.4, -0.2) is 19.6 Å². The third-order valence-electron chi connectivity index (χ3n) is 2.54. The highest BCUT2D eigenvalue weighted by Crippen LogP contribution is 2.32. The van der Waals surface area contributed by atoms with E-state index in [2.05, 4.69) is 0 Å². The molecule has 0 aromatic heterocycles. The average Bonchev–Trinajstić information content (AvgIpc) is 2.37. The standard InChI is InChI=1S/C13H10ClNO4S/c14-11-8-4-7-10(9-5-2-1-3-6-9)12(11)20(18,19)15-13(16)17/h1-8,15H,(H,16,17). The van der Waals surface area contributed by atoms with Gasteiger partial charge in [0.25, 0.3) is 10.0 Å². The molecule has 0 aliphatic heterocycles. The van der Waals surface area contributed by atoms with E-state index in [1.165, 1.54) is 10.8 Å². The lowest BCUT2D eigenvalue weighted by molar-refractivity contribution is 0.201. The Balaban J connectivity index is 2.68. The molecule has 2 aromatic rings. The minimum atomic E-state index is -4.25. The third-order valence-corrected chi connectivity index (χ3v) is 4.39. The Bertz CT molecular complexity index is 744. The Hall–Kier alpha value is -2.05. The first kappa shape index (κ1) is 14.4. The normalized spacial score (nSPS) is 11.1. The molecular weight excluding hydrogens is 302 g/mol. The van der Waals surface area contributed by atoms with Crippen molar-refractivity contribution >= 4 is 27.7 Å². The second-order valence-corrected chi connectivity index (χ2v) is 5.92. The maximum atomic E-state index is 12.1. The first-order valence-corrected chi connectivity index (χ1v) is 7.37. The van der Waals surface area contributed by atoms with Gasteiger partial charge in [-0.25, -0.2) is 17.9 Å². The fraction of sp³-hybridized carbons (Fsp3) is 0. The van der Waals surface area contributed by atoms with Gasteiger partial charge in [0.05, 0.1) is 5.02 Å². The summed E-state index contributed by atoms with van der Waals surface area (Å²) in [6.07, 6.45) is -1.66. The molecule has 2 N–H and O–H groups in total. The lowest BCUT2D eigenvalue weighted by Gasteiger charge is -2.12. The Kier molecular flexibility index (Phi) is 3.96. The van der Waals surface area contributed by atoms with Crippen molar-refractivity contribution in [3.8, 4) is 11.1 Å². The van der Waals surface area contributed by atoms with Crippen molar-refractivity contribution in [2.24, 2.45) is 0 Å². The lowest BCUT2D eigenvalue weighted by Crippen LogP contribution is -2.29. The molecule has 5 nitrogen and oxygen atoms in total. The smallest absolute Gasteiger partial charge is 0.418 e. The predicted molar refractivity (Wildman–Crippen MR) is 75.2 cm³/mol. The van der Waals surface area contributed by atoms with Gasteiger partial charge >= 0.3 is 6.09 Å². The zero-order chi connectivity index (χ0) is 14.8. The number of halogens is 1. The van der Waals surface area contributed by atoms with E-state index in [1.807, 2.05) is 0 Å². The number of carbonyl (C=O) groups is 1. The lowest BCUT2D eigenvalue weighted by atomic mass is 10.1. The maximum Gasteiger partial charge on any atom is 0.418 e. The van der Waals surface area contributed by atoms with Gasteiger partial charge in [0.2, 0.25) is 0 Å². The molecule has 0 bridgehead atoms. The Morgan fingerprint density at radius 1 is 1.05 bits per heavy atom. The van der Waals surface area contributed by atoms with Crippen LogP contribution in [0.15, 0.2) is 53.4 Å². The molecule has 0 unspecified atom stereocenters. The Labute approximate surface area is 120 Å². The van der Waals surface area contributed by atoms with Crippen LogP contribution < -0.4 is 4.72 Å². The van der Waals surface area contributed by atoms with Crippen LogP contribution in [0.4, 0.5) is 4.79 Å². The maximum absolute atomic E-state index is 12.1. The van der Waals surface area contributed by atoms with E-state index in [9.17, 15) is 13.2 Å². The summed E-state index contributed by atoms with van der Waals surface area (Å²) in [5.41, 5.74) is 0.965. The summed E-state index contributed by atoms with van der Waals surface area (Å²) in [5, 5.41) is 8.59. The van der Waals surface area contributed by atoms with Crippen LogP contribution in [0.2, 0.25) is 5.02 Å². The van der Waals surface area contributed by atoms with Gasteiger partial charge in [0.15, 0.2) is 0 Å². The number of sulfonamides is 1. The van der Waals surface area contributed by atoms with Crippen LogP contribution in [-0.2, 0) is 10.0 Å². The van der Waals surface area contributed by atoms with Gasteiger partial charge in [-0.05, 0) is 11.6 Å². The molecule has 0 spiro atoms. The minimum Gasteiger partial charge on any atom is -0.464 e. The fourth-order valence-corrected chi connectivity index (χ4v) is 3.40. The van der Waals surface area contributed by atoms with Crippen LogP contribution >= 0.6 is 11.6 Å². The van der Waals surface area contributed by atoms with E-state index >= 15 is 0 Å². The molecule has 0 radical (unpaired) electrons. The molecule has 0 saturated carbocycles. The average molecular weight is 312 g/mol. The number of nitrogens with one attached hydrogen (secondary N) is 1. The summed E-state index contributed by atoms with van der Waals surface area (Å²) < 4.78 is 25.7. The van der Waals surface area contributed by atoms with Gasteiger partial charge in [0.1, 0.15) is 4.90 Å². The van der Waals surface area contributed by atoms with E-state index in [0.29, 0.717) is 11.1 Å². The second kappa shape index (κ2) is 5.52. The van der Waals surface area contributed by atoms with E-state index in [4.69, 9.17) is 16.7 Å². The van der Waals surface area contributed by atoms with Crippen molar-refractivity contribution < 1.29 is 18.3 Å². The summed E-state index contributed by atoms with van der Waals surface area (Å²) in [6.45, 7) is 0. The van der Waals surface area contributed by atoms with E-state index < -0.39 is 16.1 Å². The number of amides is 1. The van der Waals surface area contributed by atoms with Gasteiger partial charge in [-0.3, -0.25) is 0 Å². The molecule has 104 valence electrons. The third kappa shape index (κ3) is 2.92. The molecule has 0 heterocycles. The van der Waals surface area contributed by atoms with Crippen molar-refractivity contribution in [1.82, 2.24) is 4.72 Å². The van der Waals surface area contributed by atoms with E-state index in [0.717, 1.165) is 0 Å². The van der Waals surface area contributed by atoms with Gasteiger partial charge in [-0.1, -0.05) is 54.1 Å². The van der Waals surface area contributed by atoms with Crippen LogP contribution in [0, 0.1) is 0 Å². The van der Waals surface area contributed by atoms with Crippen LogP contribution in [0.25, 0.3) is 11.1 Å². The molecule has 0 atom stereocenters. The van der Waals surface area contributed by atoms with Crippen LogP contribution in [0.5, 0.6) is 0 Å². The summed E-state index contributed by atoms with van der Waals surface area (Å²) in [6, 6.07) is 13.3. The largest absolute Gasteiger partial charge is 0.464 e. The minimum absolute atomic E-state index is 0.0416. The summed E-state index contributed by atoms with van der Waals surface area (Å²) >= 11 is 5.94. The van der Waals surface area contributed by atoms with Crippen molar-refractivity contribution in [3.05, 3.63) is 53.6 Å². The van der Waals surface area contributed by atoms with Gasteiger partial charge in [0, 0.05) is 5.56 Å². The molecule has 2 aromatic carbocycles. The van der Waals surface area contributed by atoms with Gasteiger partial charge in [-0.15, -0.1) is 0 Å². The Morgan fingerprint density at radius 3 is 2.30 bits per heavy atom. The van der Waals surface area contributed by atoms with Crippen molar-refractivity contribution in [2.75, 3.05) is 0 Å². The first-order valence-electron chi connectivity index (χ1n) is 5.51.